The van der Waals surface area contributed by atoms with Crippen LogP contribution in [-0.2, 0) is 21.2 Å². The van der Waals surface area contributed by atoms with Gasteiger partial charge < -0.3 is 4.90 Å². The SMILES string of the molecule is C=CCn1c(SCC(=O)N(CC)[C@@H]2CCS(=O)(=O)C2)nc2ccccc2c1=O. The summed E-state index contributed by atoms with van der Waals surface area (Å²) in [6, 6.07) is 6.81. The molecule has 1 aliphatic rings. The summed E-state index contributed by atoms with van der Waals surface area (Å²) in [4.78, 5) is 31.7. The summed E-state index contributed by atoms with van der Waals surface area (Å²) in [6.45, 7) is 6.28. The Hall–Kier alpha value is -2.13. The number of thioether (sulfide) groups is 1. The van der Waals surface area contributed by atoms with Crippen molar-refractivity contribution in [1.29, 1.82) is 0 Å². The van der Waals surface area contributed by atoms with E-state index in [4.69, 9.17) is 0 Å². The summed E-state index contributed by atoms with van der Waals surface area (Å²) >= 11 is 1.19. The fraction of sp³-hybridized carbons (Fsp3) is 0.421. The van der Waals surface area contributed by atoms with E-state index in [9.17, 15) is 18.0 Å². The van der Waals surface area contributed by atoms with Crippen molar-refractivity contribution in [3.8, 4) is 0 Å². The van der Waals surface area contributed by atoms with Crippen LogP contribution in [0.1, 0.15) is 13.3 Å². The largest absolute Gasteiger partial charge is 0.338 e. The lowest BCUT2D eigenvalue weighted by molar-refractivity contribution is -0.129. The number of hydrogen-bond acceptors (Lipinski definition) is 6. The fourth-order valence-electron chi connectivity index (χ4n) is 3.42. The van der Waals surface area contributed by atoms with Crippen LogP contribution in [0, 0.1) is 0 Å². The molecule has 0 aliphatic carbocycles. The number of para-hydroxylation sites is 1. The van der Waals surface area contributed by atoms with Crippen LogP contribution in [0.2, 0.25) is 0 Å². The molecule has 1 amide bonds. The molecule has 7 nitrogen and oxygen atoms in total. The van der Waals surface area contributed by atoms with E-state index in [1.165, 1.54) is 16.3 Å². The Balaban J connectivity index is 1.82. The number of aromatic nitrogens is 2. The molecule has 3 rings (SSSR count). The number of nitrogens with zero attached hydrogens (tertiary/aromatic N) is 3. The van der Waals surface area contributed by atoms with Crippen molar-refractivity contribution in [2.45, 2.75) is 31.1 Å². The third-order valence-corrected chi connectivity index (χ3v) is 7.48. The van der Waals surface area contributed by atoms with Crippen molar-refractivity contribution in [2.75, 3.05) is 23.8 Å². The lowest BCUT2D eigenvalue weighted by Gasteiger charge is -2.26. The van der Waals surface area contributed by atoms with Gasteiger partial charge in [0.05, 0.1) is 28.2 Å². The van der Waals surface area contributed by atoms with Gasteiger partial charge >= 0.3 is 0 Å². The standard InChI is InChI=1S/C19H23N3O4S2/c1-3-10-22-18(24)15-7-5-6-8-16(15)20-19(22)27-12-17(23)21(4-2)14-9-11-28(25,26)13-14/h3,5-8,14H,1,4,9-13H2,2H3/t14-/m1/s1. The molecule has 2 aromatic rings. The van der Waals surface area contributed by atoms with Gasteiger partial charge in [0, 0.05) is 19.1 Å². The molecule has 0 N–H and O–H groups in total. The van der Waals surface area contributed by atoms with Crippen molar-refractivity contribution >= 4 is 38.4 Å². The van der Waals surface area contributed by atoms with Crippen LogP contribution < -0.4 is 5.56 Å². The molecule has 0 radical (unpaired) electrons. The van der Waals surface area contributed by atoms with Gasteiger partial charge in [-0.15, -0.1) is 6.58 Å². The highest BCUT2D eigenvalue weighted by Gasteiger charge is 2.33. The van der Waals surface area contributed by atoms with Crippen LogP contribution in [0.25, 0.3) is 10.9 Å². The molecule has 150 valence electrons. The minimum Gasteiger partial charge on any atom is -0.338 e. The van der Waals surface area contributed by atoms with E-state index >= 15 is 0 Å². The zero-order chi connectivity index (χ0) is 20.3. The Labute approximate surface area is 168 Å². The minimum atomic E-state index is -3.06. The zero-order valence-electron chi connectivity index (χ0n) is 15.7. The summed E-state index contributed by atoms with van der Waals surface area (Å²) < 4.78 is 25.0. The summed E-state index contributed by atoms with van der Waals surface area (Å²) in [5, 5.41) is 0.971. The van der Waals surface area contributed by atoms with Crippen LogP contribution >= 0.6 is 11.8 Å². The van der Waals surface area contributed by atoms with Gasteiger partial charge in [-0.2, -0.15) is 0 Å². The normalized spacial score (nSPS) is 18.2. The number of allylic oxidation sites excluding steroid dienone is 1. The maximum absolute atomic E-state index is 12.8. The minimum absolute atomic E-state index is 0.0205. The first-order valence-electron chi connectivity index (χ1n) is 9.09. The second-order valence-corrected chi connectivity index (χ2v) is 9.81. The van der Waals surface area contributed by atoms with Gasteiger partial charge in [-0.1, -0.05) is 30.0 Å². The van der Waals surface area contributed by atoms with Gasteiger partial charge in [0.2, 0.25) is 5.91 Å². The van der Waals surface area contributed by atoms with Gasteiger partial charge in [0.25, 0.3) is 5.56 Å². The number of sulfone groups is 1. The molecule has 1 aromatic heterocycles. The highest BCUT2D eigenvalue weighted by atomic mass is 32.2. The van der Waals surface area contributed by atoms with E-state index in [2.05, 4.69) is 11.6 Å². The number of fused-ring (bicyclic) bond motifs is 1. The summed E-state index contributed by atoms with van der Waals surface area (Å²) in [6.07, 6.45) is 2.09. The maximum Gasteiger partial charge on any atom is 0.262 e. The van der Waals surface area contributed by atoms with E-state index in [0.29, 0.717) is 35.6 Å². The topological polar surface area (TPSA) is 89.3 Å². The van der Waals surface area contributed by atoms with Gasteiger partial charge in [-0.05, 0) is 25.5 Å². The van der Waals surface area contributed by atoms with E-state index in [1.807, 2.05) is 13.0 Å². The van der Waals surface area contributed by atoms with Crippen molar-refractivity contribution < 1.29 is 13.2 Å². The van der Waals surface area contributed by atoms with Crippen LogP contribution in [0.3, 0.4) is 0 Å². The van der Waals surface area contributed by atoms with E-state index in [0.717, 1.165) is 0 Å². The van der Waals surface area contributed by atoms with Crippen molar-refractivity contribution in [3.05, 3.63) is 47.3 Å². The van der Waals surface area contributed by atoms with Crippen molar-refractivity contribution in [2.24, 2.45) is 0 Å². The molecule has 1 aromatic carbocycles. The lowest BCUT2D eigenvalue weighted by atomic mass is 10.2. The highest BCUT2D eigenvalue weighted by Crippen LogP contribution is 2.22. The maximum atomic E-state index is 12.8. The Morgan fingerprint density at radius 1 is 1.43 bits per heavy atom. The van der Waals surface area contributed by atoms with Gasteiger partial charge in [0.1, 0.15) is 0 Å². The fourth-order valence-corrected chi connectivity index (χ4v) is 6.04. The quantitative estimate of drug-likeness (QED) is 0.384. The third-order valence-electron chi connectivity index (χ3n) is 4.77. The van der Waals surface area contributed by atoms with Gasteiger partial charge in [-0.25, -0.2) is 13.4 Å². The average Bonchev–Trinajstić information content (AvgIpc) is 3.02. The molecule has 28 heavy (non-hydrogen) atoms. The summed E-state index contributed by atoms with van der Waals surface area (Å²) in [7, 11) is -3.06. The van der Waals surface area contributed by atoms with Crippen LogP contribution in [0.4, 0.5) is 0 Å². The van der Waals surface area contributed by atoms with Crippen molar-refractivity contribution in [1.82, 2.24) is 14.5 Å². The molecule has 0 bridgehead atoms. The van der Waals surface area contributed by atoms with Crippen LogP contribution in [0.15, 0.2) is 46.9 Å². The van der Waals surface area contributed by atoms with E-state index < -0.39 is 9.84 Å². The average molecular weight is 422 g/mol. The number of hydrogen-bond donors (Lipinski definition) is 0. The monoisotopic (exact) mass is 421 g/mol. The molecule has 1 saturated heterocycles. The molecule has 1 aliphatic heterocycles. The van der Waals surface area contributed by atoms with Crippen molar-refractivity contribution in [3.63, 3.8) is 0 Å². The highest BCUT2D eigenvalue weighted by molar-refractivity contribution is 7.99. The molecule has 2 heterocycles. The Kier molecular flexibility index (Phi) is 6.24. The van der Waals surface area contributed by atoms with Gasteiger partial charge in [0.15, 0.2) is 15.0 Å². The molecule has 0 saturated carbocycles. The number of rotatable bonds is 7. The molecule has 1 fully saturated rings. The number of carbonyl (C=O) groups excluding carboxylic acids is 1. The summed E-state index contributed by atoms with van der Waals surface area (Å²) in [5.41, 5.74) is 0.409. The van der Waals surface area contributed by atoms with Crippen LogP contribution in [-0.4, -0.2) is 58.6 Å². The first-order valence-corrected chi connectivity index (χ1v) is 11.9. The Morgan fingerprint density at radius 3 is 2.82 bits per heavy atom. The zero-order valence-corrected chi connectivity index (χ0v) is 17.3. The Morgan fingerprint density at radius 2 is 2.18 bits per heavy atom. The predicted octanol–water partition coefficient (Wildman–Crippen LogP) is 1.71. The first kappa shape index (κ1) is 20.6. The summed E-state index contributed by atoms with van der Waals surface area (Å²) in [5.74, 6) is 0.0840. The van der Waals surface area contributed by atoms with E-state index in [1.54, 1.807) is 29.2 Å². The first-order chi connectivity index (χ1) is 13.4. The molecular formula is C19H23N3O4S2. The molecular weight excluding hydrogens is 398 g/mol. The second-order valence-electron chi connectivity index (χ2n) is 6.64. The molecule has 9 heteroatoms. The van der Waals surface area contributed by atoms with Crippen LogP contribution in [0.5, 0.6) is 0 Å². The molecule has 1 atom stereocenters. The number of amides is 1. The smallest absolute Gasteiger partial charge is 0.262 e. The molecule has 0 unspecified atom stereocenters. The lowest BCUT2D eigenvalue weighted by Crippen LogP contribution is -2.42. The van der Waals surface area contributed by atoms with E-state index in [-0.39, 0.29) is 34.8 Å². The molecule has 0 spiro atoms. The third kappa shape index (κ3) is 4.30. The second kappa shape index (κ2) is 8.48. The Bertz CT molecular complexity index is 1060. The van der Waals surface area contributed by atoms with Gasteiger partial charge in [-0.3, -0.25) is 14.2 Å². The number of carbonyl (C=O) groups is 1. The predicted molar refractivity (Wildman–Crippen MR) is 111 cm³/mol. The number of benzene rings is 1.